The number of hydrogen-bond donors (Lipinski definition) is 0. The zero-order valence-electron chi connectivity index (χ0n) is 19.8. The molecule has 3 heterocycles. The standard InChI is InChI=1S/C25H29N3O7/c1-26-22-14-19(35-16-23-33-12-13-34-23)9-10-20(22)27(25(26)30)21-4-3-11-28(31,24(21)29)15-17-5-7-18(32-2)8-6-17/h5-10,14,21,23H,3-4,11-13,15-16H2,1-2H3. The Balaban J connectivity index is 1.41. The summed E-state index contributed by atoms with van der Waals surface area (Å²) in [7, 11) is 3.23. The van der Waals surface area contributed by atoms with E-state index in [2.05, 4.69) is 0 Å². The lowest BCUT2D eigenvalue weighted by Crippen LogP contribution is -2.55. The van der Waals surface area contributed by atoms with Crippen LogP contribution in [0.25, 0.3) is 11.0 Å². The van der Waals surface area contributed by atoms with Crippen molar-refractivity contribution in [1.82, 2.24) is 9.13 Å². The molecule has 1 amide bonds. The first-order valence-corrected chi connectivity index (χ1v) is 11.7. The summed E-state index contributed by atoms with van der Waals surface area (Å²) >= 11 is 0. The molecular weight excluding hydrogens is 454 g/mol. The lowest BCUT2D eigenvalue weighted by atomic mass is 10.0. The summed E-state index contributed by atoms with van der Waals surface area (Å²) in [4.78, 5) is 26.7. The quantitative estimate of drug-likeness (QED) is 0.376. The summed E-state index contributed by atoms with van der Waals surface area (Å²) in [5.74, 6) is 0.744. The van der Waals surface area contributed by atoms with Crippen LogP contribution >= 0.6 is 0 Å². The van der Waals surface area contributed by atoms with Gasteiger partial charge in [-0.1, -0.05) is 0 Å². The van der Waals surface area contributed by atoms with Gasteiger partial charge in [0.15, 0.2) is 12.3 Å². The van der Waals surface area contributed by atoms with Crippen LogP contribution in [0.15, 0.2) is 47.3 Å². The zero-order valence-corrected chi connectivity index (χ0v) is 19.8. The number of likely N-dealkylation sites (tertiary alicyclic amines) is 1. The molecular formula is C25H29N3O7. The molecule has 2 saturated heterocycles. The van der Waals surface area contributed by atoms with Crippen LogP contribution in [0.4, 0.5) is 0 Å². The smallest absolute Gasteiger partial charge is 0.337 e. The number of quaternary nitrogens is 1. The number of hydroxylamine groups is 3. The Bertz CT molecular complexity index is 1280. The van der Waals surface area contributed by atoms with Gasteiger partial charge in [-0.3, -0.25) is 13.8 Å². The second-order valence-corrected chi connectivity index (χ2v) is 8.96. The second-order valence-electron chi connectivity index (χ2n) is 8.96. The summed E-state index contributed by atoms with van der Waals surface area (Å²) in [5, 5.41) is 13.7. The molecule has 2 aromatic carbocycles. The largest absolute Gasteiger partial charge is 0.625 e. The normalized spacial score (nSPS) is 23.2. The number of carbonyl (C=O) groups excluding carboxylic acids is 1. The maximum Gasteiger partial charge on any atom is 0.337 e. The number of imidazole rings is 1. The molecule has 2 aliphatic heterocycles. The van der Waals surface area contributed by atoms with E-state index in [1.807, 2.05) is 0 Å². The van der Waals surface area contributed by atoms with Gasteiger partial charge in [0, 0.05) is 18.7 Å². The van der Waals surface area contributed by atoms with Gasteiger partial charge >= 0.3 is 11.6 Å². The zero-order chi connectivity index (χ0) is 24.6. The fraction of sp³-hybridized carbons (Fsp3) is 0.440. The highest BCUT2D eigenvalue weighted by atomic mass is 16.7. The topological polar surface area (TPSA) is 104 Å². The van der Waals surface area contributed by atoms with Crippen molar-refractivity contribution in [3.05, 3.63) is 63.7 Å². The maximum atomic E-state index is 13.7. The van der Waals surface area contributed by atoms with Gasteiger partial charge in [-0.15, -0.1) is 0 Å². The monoisotopic (exact) mass is 483 g/mol. The van der Waals surface area contributed by atoms with Crippen molar-refractivity contribution in [3.63, 3.8) is 0 Å². The lowest BCUT2D eigenvalue weighted by molar-refractivity contribution is -0.823. The molecule has 0 aliphatic carbocycles. The molecule has 5 rings (SSSR count). The van der Waals surface area contributed by atoms with E-state index >= 15 is 0 Å². The lowest BCUT2D eigenvalue weighted by Gasteiger charge is -2.45. The average molecular weight is 484 g/mol. The van der Waals surface area contributed by atoms with Crippen LogP contribution in [-0.2, 0) is 27.9 Å². The predicted molar refractivity (Wildman–Crippen MR) is 127 cm³/mol. The highest BCUT2D eigenvalue weighted by Crippen LogP contribution is 2.32. The Kier molecular flexibility index (Phi) is 6.37. The van der Waals surface area contributed by atoms with E-state index in [-0.39, 0.29) is 25.4 Å². The van der Waals surface area contributed by atoms with E-state index in [4.69, 9.17) is 18.9 Å². The molecule has 3 aromatic rings. The van der Waals surface area contributed by atoms with Gasteiger partial charge in [0.1, 0.15) is 24.7 Å². The van der Waals surface area contributed by atoms with Gasteiger partial charge in [0.25, 0.3) is 0 Å². The molecule has 2 unspecified atom stereocenters. The van der Waals surface area contributed by atoms with Gasteiger partial charge in [-0.2, -0.15) is 0 Å². The number of aryl methyl sites for hydroxylation is 1. The number of piperidine rings is 1. The molecule has 35 heavy (non-hydrogen) atoms. The molecule has 0 N–H and O–H groups in total. The van der Waals surface area contributed by atoms with E-state index in [9.17, 15) is 14.8 Å². The SMILES string of the molecule is COc1ccc(C[N+]2([O-])CCCC(n3c(=O)n(C)c4cc(OCC5OCCO5)ccc43)C2=O)cc1. The number of ether oxygens (including phenoxy) is 4. The Morgan fingerprint density at radius 3 is 2.49 bits per heavy atom. The van der Waals surface area contributed by atoms with Crippen LogP contribution < -0.4 is 15.2 Å². The van der Waals surface area contributed by atoms with E-state index < -0.39 is 22.9 Å². The first-order chi connectivity index (χ1) is 16.9. The first kappa shape index (κ1) is 23.6. The minimum Gasteiger partial charge on any atom is -0.625 e. The molecule has 2 atom stereocenters. The summed E-state index contributed by atoms with van der Waals surface area (Å²) < 4.78 is 23.7. The fourth-order valence-electron chi connectivity index (χ4n) is 4.87. The van der Waals surface area contributed by atoms with Crippen LogP contribution in [0.3, 0.4) is 0 Å². The van der Waals surface area contributed by atoms with Crippen LogP contribution in [0.2, 0.25) is 0 Å². The van der Waals surface area contributed by atoms with E-state index in [0.717, 1.165) is 5.56 Å². The highest BCUT2D eigenvalue weighted by Gasteiger charge is 2.41. The molecule has 2 fully saturated rings. The summed E-state index contributed by atoms with van der Waals surface area (Å²) in [6, 6.07) is 11.6. The number of fused-ring (bicyclic) bond motifs is 1. The molecule has 10 nitrogen and oxygen atoms in total. The molecule has 10 heteroatoms. The molecule has 0 bridgehead atoms. The Labute approximate surface area is 202 Å². The van der Waals surface area contributed by atoms with E-state index in [1.165, 1.54) is 9.13 Å². The van der Waals surface area contributed by atoms with Crippen molar-refractivity contribution in [1.29, 1.82) is 0 Å². The van der Waals surface area contributed by atoms with E-state index in [1.54, 1.807) is 56.6 Å². The Hall–Kier alpha value is -3.18. The summed E-state index contributed by atoms with van der Waals surface area (Å²) in [6.07, 6.45) is 0.575. The third-order valence-electron chi connectivity index (χ3n) is 6.73. The number of nitrogens with zero attached hydrogens (tertiary/aromatic N) is 3. The predicted octanol–water partition coefficient (Wildman–Crippen LogP) is 2.48. The number of amides is 1. The summed E-state index contributed by atoms with van der Waals surface area (Å²) in [5.41, 5.74) is 1.63. The van der Waals surface area contributed by atoms with Crippen molar-refractivity contribution < 1.29 is 28.4 Å². The second kappa shape index (κ2) is 9.46. The van der Waals surface area contributed by atoms with Gasteiger partial charge in [-0.25, -0.2) is 9.59 Å². The van der Waals surface area contributed by atoms with Crippen molar-refractivity contribution in [2.45, 2.75) is 31.7 Å². The number of hydrogen-bond acceptors (Lipinski definition) is 7. The van der Waals surface area contributed by atoms with Gasteiger partial charge in [-0.05, 0) is 49.2 Å². The van der Waals surface area contributed by atoms with Crippen molar-refractivity contribution in [3.8, 4) is 11.5 Å². The average Bonchev–Trinajstić information content (AvgIpc) is 3.47. The number of methoxy groups -OCH3 is 1. The van der Waals surface area contributed by atoms with Crippen LogP contribution in [0, 0.1) is 5.21 Å². The minimum absolute atomic E-state index is 0.0160. The third kappa shape index (κ3) is 4.45. The highest BCUT2D eigenvalue weighted by molar-refractivity contribution is 5.82. The van der Waals surface area contributed by atoms with Gasteiger partial charge in [0.2, 0.25) is 0 Å². The number of benzene rings is 2. The molecule has 1 aromatic heterocycles. The summed E-state index contributed by atoms with van der Waals surface area (Å²) in [6.45, 7) is 1.52. The Morgan fingerprint density at radius 2 is 1.77 bits per heavy atom. The molecule has 0 spiro atoms. The number of carbonyl (C=O) groups is 1. The van der Waals surface area contributed by atoms with Crippen LogP contribution in [0.1, 0.15) is 24.4 Å². The minimum atomic E-state index is -0.998. The first-order valence-electron chi connectivity index (χ1n) is 11.7. The van der Waals surface area contributed by atoms with Crippen LogP contribution in [-0.4, -0.2) is 59.5 Å². The van der Waals surface area contributed by atoms with Gasteiger partial charge in [0.05, 0.1) is 37.9 Å². The van der Waals surface area contributed by atoms with Crippen molar-refractivity contribution >= 4 is 16.9 Å². The molecule has 0 saturated carbocycles. The number of aromatic nitrogens is 2. The van der Waals surface area contributed by atoms with Crippen LogP contribution in [0.5, 0.6) is 11.5 Å². The maximum absolute atomic E-state index is 13.7. The Morgan fingerprint density at radius 1 is 1.06 bits per heavy atom. The molecule has 0 radical (unpaired) electrons. The molecule has 186 valence electrons. The van der Waals surface area contributed by atoms with Crippen molar-refractivity contribution in [2.24, 2.45) is 7.05 Å². The van der Waals surface area contributed by atoms with E-state index in [0.29, 0.717) is 48.6 Å². The third-order valence-corrected chi connectivity index (χ3v) is 6.73. The van der Waals surface area contributed by atoms with Gasteiger partial charge < -0.3 is 24.2 Å². The van der Waals surface area contributed by atoms with Crippen molar-refractivity contribution in [2.75, 3.05) is 33.5 Å². The fourth-order valence-corrected chi connectivity index (χ4v) is 4.87. The number of rotatable bonds is 7. The molecule has 2 aliphatic rings.